The summed E-state index contributed by atoms with van der Waals surface area (Å²) in [6.07, 6.45) is 0.517. The number of halogens is 2. The van der Waals surface area contributed by atoms with Crippen LogP contribution in [-0.4, -0.2) is 44.3 Å². The lowest BCUT2D eigenvalue weighted by Gasteiger charge is -2.38. The minimum atomic E-state index is -1.29. The van der Waals surface area contributed by atoms with Crippen molar-refractivity contribution >= 4 is 29.1 Å². The maximum absolute atomic E-state index is 13.4. The van der Waals surface area contributed by atoms with Crippen LogP contribution in [0.25, 0.3) is 16.8 Å². The van der Waals surface area contributed by atoms with E-state index in [1.807, 2.05) is 30.3 Å². The first-order valence-corrected chi connectivity index (χ1v) is 11.4. The van der Waals surface area contributed by atoms with Crippen LogP contribution in [0.1, 0.15) is 40.2 Å². The zero-order valence-corrected chi connectivity index (χ0v) is 20.8. The summed E-state index contributed by atoms with van der Waals surface area (Å²) in [6.45, 7) is 8.92. The number of rotatable bonds is 5. The largest absolute Gasteiger partial charge is 0.507 e. The summed E-state index contributed by atoms with van der Waals surface area (Å²) in [5.41, 5.74) is 4.49. The molecule has 0 aliphatic carbocycles. The Balaban J connectivity index is 1.71. The van der Waals surface area contributed by atoms with E-state index < -0.39 is 29.0 Å². The van der Waals surface area contributed by atoms with Crippen molar-refractivity contribution in [1.82, 2.24) is 10.4 Å². The third kappa shape index (κ3) is 4.90. The number of amidine groups is 1. The van der Waals surface area contributed by atoms with Gasteiger partial charge in [-0.1, -0.05) is 29.8 Å². The number of ether oxygens (including phenoxy) is 1. The number of hydrazine groups is 1. The van der Waals surface area contributed by atoms with Crippen LogP contribution in [0.2, 0.25) is 0 Å². The molecule has 0 radical (unpaired) electrons. The molecule has 0 amide bonds. The predicted octanol–water partition coefficient (Wildman–Crippen LogP) is 5.27. The van der Waals surface area contributed by atoms with Gasteiger partial charge in [-0.3, -0.25) is 10.4 Å². The van der Waals surface area contributed by atoms with Crippen LogP contribution in [0.3, 0.4) is 0 Å². The number of hydrogen-bond donors (Lipinski definition) is 3. The Morgan fingerprint density at radius 3 is 2.51 bits per heavy atom. The van der Waals surface area contributed by atoms with Crippen molar-refractivity contribution in [2.45, 2.75) is 51.9 Å². The second-order valence-corrected chi connectivity index (χ2v) is 10.3. The second-order valence-electron chi connectivity index (χ2n) is 9.93. The van der Waals surface area contributed by atoms with E-state index in [2.05, 4.69) is 5.43 Å². The molecule has 0 spiro atoms. The Kier molecular flexibility index (Phi) is 6.15. The fourth-order valence-corrected chi connectivity index (χ4v) is 4.58. The van der Waals surface area contributed by atoms with Crippen LogP contribution >= 0.6 is 11.6 Å². The van der Waals surface area contributed by atoms with E-state index in [9.17, 15) is 19.4 Å². The Hall–Kier alpha value is -3.36. The molecular formula is C26H27ClFN3O4. The third-order valence-electron chi connectivity index (χ3n) is 5.61. The van der Waals surface area contributed by atoms with Gasteiger partial charge in [0.15, 0.2) is 11.9 Å². The van der Waals surface area contributed by atoms with Gasteiger partial charge in [-0.25, -0.2) is 14.2 Å². The molecule has 0 saturated heterocycles. The minimum absolute atomic E-state index is 0.159. The molecule has 2 aromatic carbocycles. The molecule has 2 aliphatic heterocycles. The van der Waals surface area contributed by atoms with Gasteiger partial charge < -0.3 is 14.9 Å². The van der Waals surface area contributed by atoms with Crippen molar-refractivity contribution in [3.63, 3.8) is 0 Å². The van der Waals surface area contributed by atoms with Crippen molar-refractivity contribution < 1.29 is 24.1 Å². The quantitative estimate of drug-likeness (QED) is 0.485. The molecular weight excluding hydrogens is 473 g/mol. The summed E-state index contributed by atoms with van der Waals surface area (Å²) >= 11 is 6.77. The SMILES string of the molecule is CC(C)(C)OC(C(=O)O)C1=C(Cl)N2NC(c3cccc(-c4ccc(F)cc4O)c3)=CC2=NC1(C)C. The van der Waals surface area contributed by atoms with Gasteiger partial charge in [-0.15, -0.1) is 0 Å². The summed E-state index contributed by atoms with van der Waals surface area (Å²) in [5, 5.41) is 21.8. The number of carboxylic acid groups (broad SMARTS) is 1. The van der Waals surface area contributed by atoms with E-state index in [4.69, 9.17) is 21.3 Å². The maximum Gasteiger partial charge on any atom is 0.337 e. The first-order chi connectivity index (χ1) is 16.3. The van der Waals surface area contributed by atoms with Crippen molar-refractivity contribution in [1.29, 1.82) is 0 Å². The minimum Gasteiger partial charge on any atom is -0.507 e. The highest BCUT2D eigenvalue weighted by Crippen LogP contribution is 2.40. The number of nitrogens with one attached hydrogen (secondary N) is 1. The molecule has 9 heteroatoms. The normalized spacial score (nSPS) is 18.0. The molecule has 1 unspecified atom stereocenters. The van der Waals surface area contributed by atoms with Crippen molar-refractivity contribution in [3.05, 3.63) is 70.7 Å². The molecule has 4 rings (SSSR count). The number of phenols is 1. The van der Waals surface area contributed by atoms with Gasteiger partial charge in [-0.05, 0) is 58.4 Å². The molecule has 2 heterocycles. The molecule has 2 aromatic rings. The molecule has 0 bridgehead atoms. The second kappa shape index (κ2) is 8.70. The summed E-state index contributed by atoms with van der Waals surface area (Å²) in [4.78, 5) is 16.9. The zero-order valence-electron chi connectivity index (χ0n) is 20.1. The van der Waals surface area contributed by atoms with Crippen LogP contribution in [0.15, 0.2) is 64.3 Å². The lowest BCUT2D eigenvalue weighted by Crippen LogP contribution is -2.48. The number of hydrogen-bond acceptors (Lipinski definition) is 6. The van der Waals surface area contributed by atoms with Crippen LogP contribution < -0.4 is 5.43 Å². The fraction of sp³-hybridized carbons (Fsp3) is 0.308. The molecule has 0 fully saturated rings. The van der Waals surface area contributed by atoms with E-state index >= 15 is 0 Å². The number of carboxylic acids is 1. The average Bonchev–Trinajstić information content (AvgIpc) is 3.15. The molecule has 1 atom stereocenters. The Morgan fingerprint density at radius 2 is 1.89 bits per heavy atom. The summed E-state index contributed by atoms with van der Waals surface area (Å²) in [6, 6.07) is 11.2. The van der Waals surface area contributed by atoms with Crippen LogP contribution in [-0.2, 0) is 9.53 Å². The van der Waals surface area contributed by atoms with Gasteiger partial charge in [0.2, 0.25) is 0 Å². The van der Waals surface area contributed by atoms with Crippen molar-refractivity contribution in [2.24, 2.45) is 4.99 Å². The van der Waals surface area contributed by atoms with E-state index in [-0.39, 0.29) is 10.9 Å². The van der Waals surface area contributed by atoms with Gasteiger partial charge in [0.05, 0.1) is 16.8 Å². The van der Waals surface area contributed by atoms with Crippen LogP contribution in [0.4, 0.5) is 4.39 Å². The van der Waals surface area contributed by atoms with Gasteiger partial charge in [0.25, 0.3) is 0 Å². The number of nitrogens with zero attached hydrogens (tertiary/aromatic N) is 2. The molecule has 0 saturated carbocycles. The maximum atomic E-state index is 13.4. The molecule has 3 N–H and O–H groups in total. The van der Waals surface area contributed by atoms with Gasteiger partial charge >= 0.3 is 5.97 Å². The number of benzene rings is 2. The number of aromatic hydroxyl groups is 1. The van der Waals surface area contributed by atoms with Crippen molar-refractivity contribution in [2.75, 3.05) is 0 Å². The van der Waals surface area contributed by atoms with Crippen LogP contribution in [0, 0.1) is 5.82 Å². The Bertz CT molecular complexity index is 1290. The van der Waals surface area contributed by atoms with E-state index in [0.717, 1.165) is 11.6 Å². The monoisotopic (exact) mass is 499 g/mol. The highest BCUT2D eigenvalue weighted by Gasteiger charge is 2.44. The average molecular weight is 500 g/mol. The number of carbonyl (C=O) groups is 1. The van der Waals surface area contributed by atoms with Gasteiger partial charge in [0, 0.05) is 28.8 Å². The van der Waals surface area contributed by atoms with Crippen molar-refractivity contribution in [3.8, 4) is 16.9 Å². The zero-order chi connectivity index (χ0) is 25.7. The fourth-order valence-electron chi connectivity index (χ4n) is 4.12. The highest BCUT2D eigenvalue weighted by molar-refractivity contribution is 6.32. The molecule has 2 aliphatic rings. The van der Waals surface area contributed by atoms with E-state index in [1.54, 1.807) is 34.6 Å². The molecule has 7 nitrogen and oxygen atoms in total. The molecule has 0 aromatic heterocycles. The predicted molar refractivity (Wildman–Crippen MR) is 133 cm³/mol. The standard InChI is InChI=1S/C26H27ClFN3O4/c1-25(2,3)35-22(24(33)34)21-23(27)31-20(29-26(21,4)5)13-18(30-31)15-8-6-7-14(11-15)17-10-9-16(28)12-19(17)32/h6-13,22,30,32H,1-5H3,(H,33,34). The van der Waals surface area contributed by atoms with Gasteiger partial charge in [-0.2, -0.15) is 0 Å². The summed E-state index contributed by atoms with van der Waals surface area (Å²) in [5.74, 6) is -1.31. The van der Waals surface area contributed by atoms with Gasteiger partial charge in [0.1, 0.15) is 16.7 Å². The smallest absolute Gasteiger partial charge is 0.337 e. The number of fused-ring (bicyclic) bond motifs is 1. The summed E-state index contributed by atoms with van der Waals surface area (Å²) < 4.78 is 19.3. The van der Waals surface area contributed by atoms with Crippen LogP contribution in [0.5, 0.6) is 5.75 Å². The molecule has 184 valence electrons. The highest BCUT2D eigenvalue weighted by atomic mass is 35.5. The topological polar surface area (TPSA) is 94.4 Å². The number of aliphatic imine (C=N–C) groups is 1. The Morgan fingerprint density at radius 1 is 1.20 bits per heavy atom. The lowest BCUT2D eigenvalue weighted by atomic mass is 9.89. The lowest BCUT2D eigenvalue weighted by molar-refractivity contribution is -0.156. The third-order valence-corrected chi connectivity index (χ3v) is 5.98. The van der Waals surface area contributed by atoms with E-state index in [1.165, 1.54) is 17.1 Å². The Labute approximate surface area is 208 Å². The number of aliphatic carboxylic acids is 1. The van der Waals surface area contributed by atoms with E-state index in [0.29, 0.717) is 28.2 Å². The first kappa shape index (κ1) is 24.8. The number of phenolic OH excluding ortho intramolecular Hbond substituents is 1. The summed E-state index contributed by atoms with van der Waals surface area (Å²) in [7, 11) is 0. The first-order valence-electron chi connectivity index (χ1n) is 11.1. The molecule has 35 heavy (non-hydrogen) atoms.